The van der Waals surface area contributed by atoms with E-state index in [-0.39, 0.29) is 5.69 Å². The summed E-state index contributed by atoms with van der Waals surface area (Å²) in [6.45, 7) is 4.54. The van der Waals surface area contributed by atoms with Crippen LogP contribution in [0.5, 0.6) is 0 Å². The summed E-state index contributed by atoms with van der Waals surface area (Å²) in [4.78, 5) is 17.8. The van der Waals surface area contributed by atoms with E-state index < -0.39 is 5.91 Å². The molecule has 2 aromatic heterocycles. The van der Waals surface area contributed by atoms with Crippen molar-refractivity contribution in [2.75, 3.05) is 13.1 Å². The van der Waals surface area contributed by atoms with Crippen LogP contribution in [0.1, 0.15) is 53.6 Å². The number of primary amides is 1. The van der Waals surface area contributed by atoms with Gasteiger partial charge in [-0.2, -0.15) is 10.1 Å². The van der Waals surface area contributed by atoms with Crippen LogP contribution in [0, 0.1) is 0 Å². The van der Waals surface area contributed by atoms with Gasteiger partial charge in [-0.05, 0) is 25.5 Å². The Morgan fingerprint density at radius 2 is 2.45 bits per heavy atom. The number of hydrogen-bond acceptors (Lipinski definition) is 6. The van der Waals surface area contributed by atoms with E-state index in [1.54, 1.807) is 6.07 Å². The molecule has 0 unspecified atom stereocenters. The summed E-state index contributed by atoms with van der Waals surface area (Å²) in [5.74, 6) is 1.20. The van der Waals surface area contributed by atoms with E-state index in [0.29, 0.717) is 18.4 Å². The number of nitrogens with two attached hydrogens (primary N) is 1. The molecule has 0 spiro atoms. The average molecular weight is 304 g/mol. The Kier molecular flexibility index (Phi) is 4.19. The average Bonchev–Trinajstić information content (AvgIpc) is 3.16. The van der Waals surface area contributed by atoms with Crippen LogP contribution in [-0.2, 0) is 13.0 Å². The number of carbonyl (C=O) groups excluding carboxylic acids is 1. The Morgan fingerprint density at radius 1 is 1.59 bits per heavy atom. The predicted molar refractivity (Wildman–Crippen MR) is 78.0 cm³/mol. The van der Waals surface area contributed by atoms with Gasteiger partial charge in [0.25, 0.3) is 5.91 Å². The predicted octanol–water partition coefficient (Wildman–Crippen LogP) is 0.834. The lowest BCUT2D eigenvalue weighted by Crippen LogP contribution is -2.34. The number of hydrogen-bond donors (Lipinski definition) is 2. The van der Waals surface area contributed by atoms with Crippen molar-refractivity contribution in [1.29, 1.82) is 0 Å². The molecule has 8 nitrogen and oxygen atoms in total. The fourth-order valence-electron chi connectivity index (χ4n) is 2.82. The number of aromatic nitrogens is 4. The summed E-state index contributed by atoms with van der Waals surface area (Å²) in [7, 11) is 0. The maximum atomic E-state index is 11.1. The van der Waals surface area contributed by atoms with Gasteiger partial charge < -0.3 is 10.3 Å². The van der Waals surface area contributed by atoms with E-state index >= 15 is 0 Å². The zero-order valence-corrected chi connectivity index (χ0v) is 12.6. The molecule has 1 atom stereocenters. The van der Waals surface area contributed by atoms with Gasteiger partial charge in [-0.1, -0.05) is 12.1 Å². The van der Waals surface area contributed by atoms with Crippen molar-refractivity contribution in [3.8, 4) is 0 Å². The van der Waals surface area contributed by atoms with E-state index in [1.165, 1.54) is 0 Å². The monoisotopic (exact) mass is 304 g/mol. The lowest BCUT2D eigenvalue weighted by atomic mass is 9.94. The van der Waals surface area contributed by atoms with Gasteiger partial charge in [0.2, 0.25) is 5.89 Å². The van der Waals surface area contributed by atoms with Gasteiger partial charge in [-0.15, -0.1) is 0 Å². The highest BCUT2D eigenvalue weighted by Crippen LogP contribution is 2.26. The van der Waals surface area contributed by atoms with Gasteiger partial charge in [-0.3, -0.25) is 14.8 Å². The summed E-state index contributed by atoms with van der Waals surface area (Å²) in [5, 5.41) is 10.9. The van der Waals surface area contributed by atoms with Gasteiger partial charge >= 0.3 is 0 Å². The number of aryl methyl sites for hydroxylation is 1. The highest BCUT2D eigenvalue weighted by molar-refractivity contribution is 5.90. The minimum absolute atomic E-state index is 0.290. The Bertz CT molecular complexity index is 649. The van der Waals surface area contributed by atoms with Crippen molar-refractivity contribution in [1.82, 2.24) is 25.2 Å². The van der Waals surface area contributed by atoms with Crippen molar-refractivity contribution < 1.29 is 9.32 Å². The number of H-pyrrole nitrogens is 1. The molecule has 0 saturated carbocycles. The van der Waals surface area contributed by atoms with Gasteiger partial charge in [-0.25, -0.2) is 0 Å². The Hall–Kier alpha value is -2.22. The first-order valence-electron chi connectivity index (χ1n) is 7.54. The summed E-state index contributed by atoms with van der Waals surface area (Å²) < 4.78 is 5.14. The molecule has 0 bridgehead atoms. The van der Waals surface area contributed by atoms with Crippen LogP contribution in [0.2, 0.25) is 0 Å². The number of rotatable bonds is 5. The molecule has 0 radical (unpaired) electrons. The van der Waals surface area contributed by atoms with Crippen LogP contribution in [0.15, 0.2) is 10.6 Å². The lowest BCUT2D eigenvalue weighted by molar-refractivity contribution is 0.0995. The molecule has 2 aromatic rings. The molecule has 8 heteroatoms. The molecule has 1 aliphatic heterocycles. The first-order valence-corrected chi connectivity index (χ1v) is 7.54. The number of likely N-dealkylation sites (tertiary alicyclic amines) is 1. The third kappa shape index (κ3) is 3.16. The van der Waals surface area contributed by atoms with Gasteiger partial charge in [0, 0.05) is 24.6 Å². The van der Waals surface area contributed by atoms with E-state index in [9.17, 15) is 4.79 Å². The Balaban J connectivity index is 1.64. The molecule has 3 heterocycles. The second-order valence-corrected chi connectivity index (χ2v) is 5.60. The van der Waals surface area contributed by atoms with Crippen molar-refractivity contribution in [2.45, 2.75) is 38.6 Å². The van der Waals surface area contributed by atoms with E-state index in [0.717, 1.165) is 43.9 Å². The second-order valence-electron chi connectivity index (χ2n) is 5.60. The summed E-state index contributed by atoms with van der Waals surface area (Å²) in [5.41, 5.74) is 6.49. The third-order valence-corrected chi connectivity index (χ3v) is 3.97. The van der Waals surface area contributed by atoms with Crippen molar-refractivity contribution in [2.24, 2.45) is 5.73 Å². The minimum Gasteiger partial charge on any atom is -0.364 e. The molecule has 118 valence electrons. The van der Waals surface area contributed by atoms with Crippen LogP contribution < -0.4 is 5.73 Å². The molecular weight excluding hydrogens is 284 g/mol. The minimum atomic E-state index is -0.506. The number of nitrogens with one attached hydrogen (secondary N) is 1. The van der Waals surface area contributed by atoms with E-state index in [1.807, 2.05) is 6.92 Å². The molecule has 1 saturated heterocycles. The Labute approximate surface area is 128 Å². The molecule has 1 amide bonds. The summed E-state index contributed by atoms with van der Waals surface area (Å²) in [6, 6.07) is 1.75. The topological polar surface area (TPSA) is 114 Å². The number of amides is 1. The van der Waals surface area contributed by atoms with Crippen molar-refractivity contribution >= 4 is 5.91 Å². The fourth-order valence-corrected chi connectivity index (χ4v) is 2.82. The maximum absolute atomic E-state index is 11.1. The molecule has 3 rings (SSSR count). The summed E-state index contributed by atoms with van der Waals surface area (Å²) >= 11 is 0. The van der Waals surface area contributed by atoms with Crippen LogP contribution >= 0.6 is 0 Å². The van der Waals surface area contributed by atoms with Crippen LogP contribution in [0.3, 0.4) is 0 Å². The molecule has 22 heavy (non-hydrogen) atoms. The third-order valence-electron chi connectivity index (χ3n) is 3.97. The van der Waals surface area contributed by atoms with Gasteiger partial charge in [0.15, 0.2) is 5.82 Å². The second kappa shape index (κ2) is 6.27. The SMILES string of the molecule is CCc1nc(CN2CCC[C@@H](c3cc(C(N)=O)n[nH]3)C2)no1. The normalized spacial score (nSPS) is 19.4. The molecule has 0 aromatic carbocycles. The quantitative estimate of drug-likeness (QED) is 0.845. The zero-order chi connectivity index (χ0) is 15.5. The van der Waals surface area contributed by atoms with Gasteiger partial charge in [0.1, 0.15) is 5.69 Å². The molecule has 3 N–H and O–H groups in total. The molecule has 0 aliphatic carbocycles. The number of nitrogens with zero attached hydrogens (tertiary/aromatic N) is 4. The first-order chi connectivity index (χ1) is 10.7. The highest BCUT2D eigenvalue weighted by Gasteiger charge is 2.24. The van der Waals surface area contributed by atoms with Crippen molar-refractivity contribution in [3.63, 3.8) is 0 Å². The van der Waals surface area contributed by atoms with Crippen molar-refractivity contribution in [3.05, 3.63) is 29.2 Å². The lowest BCUT2D eigenvalue weighted by Gasteiger charge is -2.31. The van der Waals surface area contributed by atoms with Crippen LogP contribution in [-0.4, -0.2) is 44.2 Å². The van der Waals surface area contributed by atoms with Crippen LogP contribution in [0.25, 0.3) is 0 Å². The summed E-state index contributed by atoms with van der Waals surface area (Å²) in [6.07, 6.45) is 2.89. The Morgan fingerprint density at radius 3 is 3.14 bits per heavy atom. The first kappa shape index (κ1) is 14.7. The maximum Gasteiger partial charge on any atom is 0.269 e. The standard InChI is InChI=1S/C14H20N6O2/c1-2-13-16-12(19-22-13)8-20-5-3-4-9(7-20)10-6-11(14(15)21)18-17-10/h6,9H,2-5,7-8H2,1H3,(H2,15,21)(H,17,18)/t9-/m1/s1. The molecule has 1 fully saturated rings. The fraction of sp³-hybridized carbons (Fsp3) is 0.571. The number of aromatic amines is 1. The largest absolute Gasteiger partial charge is 0.364 e. The highest BCUT2D eigenvalue weighted by atomic mass is 16.5. The molecule has 1 aliphatic rings. The zero-order valence-electron chi connectivity index (χ0n) is 12.6. The number of piperidine rings is 1. The molecular formula is C14H20N6O2. The smallest absolute Gasteiger partial charge is 0.269 e. The van der Waals surface area contributed by atoms with Crippen LogP contribution in [0.4, 0.5) is 0 Å². The van der Waals surface area contributed by atoms with E-state index in [4.69, 9.17) is 10.3 Å². The van der Waals surface area contributed by atoms with Gasteiger partial charge in [0.05, 0.1) is 6.54 Å². The number of carbonyl (C=O) groups is 1. The van der Waals surface area contributed by atoms with E-state index in [2.05, 4.69) is 25.2 Å².